The molecule has 6 heteroatoms. The van der Waals surface area contributed by atoms with Gasteiger partial charge in [-0.2, -0.15) is 0 Å². The molecule has 2 amide bonds. The van der Waals surface area contributed by atoms with Crippen LogP contribution in [0, 0.1) is 5.92 Å². The number of nitrogen functional groups attached to an aromatic ring is 1. The number of nitrogens with zero attached hydrogens (tertiary/aromatic N) is 2. The first kappa shape index (κ1) is 18.3. The minimum absolute atomic E-state index is 0. The molecule has 1 aromatic carbocycles. The van der Waals surface area contributed by atoms with E-state index in [1.54, 1.807) is 0 Å². The molecule has 5 nitrogen and oxygen atoms in total. The molecular weight excluding hydrogens is 302 g/mol. The lowest BCUT2D eigenvalue weighted by atomic mass is 10.1. The Bertz CT molecular complexity index is 509. The van der Waals surface area contributed by atoms with E-state index in [9.17, 15) is 9.59 Å². The second-order valence-electron chi connectivity index (χ2n) is 5.78. The molecule has 122 valence electrons. The molecule has 2 rings (SSSR count). The zero-order chi connectivity index (χ0) is 15.4. The summed E-state index contributed by atoms with van der Waals surface area (Å²) in [5, 5.41) is 0. The molecule has 1 aliphatic heterocycles. The summed E-state index contributed by atoms with van der Waals surface area (Å²) in [7, 11) is 0. The van der Waals surface area contributed by atoms with Gasteiger partial charge in [0, 0.05) is 37.8 Å². The van der Waals surface area contributed by atoms with Crippen molar-refractivity contribution in [3.8, 4) is 0 Å². The Kier molecular flexibility index (Phi) is 6.68. The Labute approximate surface area is 137 Å². The molecular formula is C16H24ClN3O2. The van der Waals surface area contributed by atoms with Crippen LogP contribution in [-0.4, -0.2) is 47.8 Å². The van der Waals surface area contributed by atoms with Gasteiger partial charge in [-0.3, -0.25) is 9.59 Å². The number of hydrogen-bond donors (Lipinski definition) is 1. The fourth-order valence-corrected chi connectivity index (χ4v) is 2.46. The number of amides is 2. The number of hydrogen-bond acceptors (Lipinski definition) is 3. The van der Waals surface area contributed by atoms with Crippen LogP contribution in [0.5, 0.6) is 0 Å². The topological polar surface area (TPSA) is 66.6 Å². The van der Waals surface area contributed by atoms with Crippen LogP contribution in [0.15, 0.2) is 24.3 Å². The van der Waals surface area contributed by atoms with Crippen LogP contribution >= 0.6 is 12.4 Å². The molecule has 1 aliphatic rings. The Morgan fingerprint density at radius 1 is 1.05 bits per heavy atom. The quantitative estimate of drug-likeness (QED) is 0.858. The molecule has 0 radical (unpaired) electrons. The first-order valence-electron chi connectivity index (χ1n) is 7.38. The van der Waals surface area contributed by atoms with E-state index >= 15 is 0 Å². The van der Waals surface area contributed by atoms with Crippen LogP contribution in [0.2, 0.25) is 0 Å². The monoisotopic (exact) mass is 325 g/mol. The van der Waals surface area contributed by atoms with Crippen molar-refractivity contribution in [1.29, 1.82) is 0 Å². The molecule has 0 aromatic heterocycles. The Morgan fingerprint density at radius 3 is 2.05 bits per heavy atom. The minimum Gasteiger partial charge on any atom is -0.399 e. The molecule has 0 saturated carbocycles. The summed E-state index contributed by atoms with van der Waals surface area (Å²) in [6, 6.07) is 7.38. The fraction of sp³-hybridized carbons (Fsp3) is 0.500. The van der Waals surface area contributed by atoms with Crippen molar-refractivity contribution in [2.45, 2.75) is 20.3 Å². The third kappa shape index (κ3) is 4.63. The van der Waals surface area contributed by atoms with Gasteiger partial charge in [0.1, 0.15) is 0 Å². The summed E-state index contributed by atoms with van der Waals surface area (Å²) in [5.41, 5.74) is 7.30. The van der Waals surface area contributed by atoms with Crippen molar-refractivity contribution in [2.24, 2.45) is 5.92 Å². The predicted octanol–water partition coefficient (Wildman–Crippen LogP) is 1.56. The van der Waals surface area contributed by atoms with Crippen molar-refractivity contribution >= 4 is 29.9 Å². The molecule has 1 fully saturated rings. The van der Waals surface area contributed by atoms with E-state index in [4.69, 9.17) is 5.73 Å². The van der Waals surface area contributed by atoms with Crippen LogP contribution in [0.25, 0.3) is 0 Å². The second-order valence-corrected chi connectivity index (χ2v) is 5.78. The SMILES string of the molecule is CC(C)C(=O)N1CCN(C(=O)Cc2ccc(N)cc2)CC1.Cl. The number of halogens is 1. The summed E-state index contributed by atoms with van der Waals surface area (Å²) in [4.78, 5) is 27.8. The fourth-order valence-electron chi connectivity index (χ4n) is 2.46. The van der Waals surface area contributed by atoms with Gasteiger partial charge in [0.15, 0.2) is 0 Å². The summed E-state index contributed by atoms with van der Waals surface area (Å²) in [5.74, 6) is 0.291. The molecule has 1 heterocycles. The highest BCUT2D eigenvalue weighted by atomic mass is 35.5. The number of nitrogens with two attached hydrogens (primary N) is 1. The lowest BCUT2D eigenvalue weighted by Gasteiger charge is -2.35. The smallest absolute Gasteiger partial charge is 0.227 e. The van der Waals surface area contributed by atoms with Crippen LogP contribution in [0.4, 0.5) is 5.69 Å². The first-order chi connectivity index (χ1) is 9.97. The zero-order valence-corrected chi connectivity index (χ0v) is 13.9. The summed E-state index contributed by atoms with van der Waals surface area (Å²) >= 11 is 0. The van der Waals surface area contributed by atoms with Crippen LogP contribution < -0.4 is 5.73 Å². The molecule has 0 unspecified atom stereocenters. The van der Waals surface area contributed by atoms with E-state index in [-0.39, 0.29) is 30.1 Å². The highest BCUT2D eigenvalue weighted by Crippen LogP contribution is 2.11. The van der Waals surface area contributed by atoms with E-state index < -0.39 is 0 Å². The standard InChI is InChI=1S/C16H23N3O2.ClH/c1-12(2)16(21)19-9-7-18(8-10-19)15(20)11-13-3-5-14(17)6-4-13;/h3-6,12H,7-11,17H2,1-2H3;1H. The number of carbonyl (C=O) groups excluding carboxylic acids is 2. The summed E-state index contributed by atoms with van der Waals surface area (Å²) < 4.78 is 0. The number of benzene rings is 1. The lowest BCUT2D eigenvalue weighted by Crippen LogP contribution is -2.51. The predicted molar refractivity (Wildman–Crippen MR) is 89.8 cm³/mol. The van der Waals surface area contributed by atoms with Gasteiger partial charge in [0.25, 0.3) is 0 Å². The third-order valence-corrected chi connectivity index (χ3v) is 3.77. The maximum Gasteiger partial charge on any atom is 0.227 e. The number of carbonyl (C=O) groups is 2. The maximum absolute atomic E-state index is 12.3. The van der Waals surface area contributed by atoms with Crippen LogP contribution in [-0.2, 0) is 16.0 Å². The lowest BCUT2D eigenvalue weighted by molar-refractivity contribution is -0.141. The number of piperazine rings is 1. The van der Waals surface area contributed by atoms with Gasteiger partial charge in [-0.05, 0) is 17.7 Å². The van der Waals surface area contributed by atoms with Gasteiger partial charge in [-0.1, -0.05) is 26.0 Å². The van der Waals surface area contributed by atoms with E-state index in [2.05, 4.69) is 0 Å². The van der Waals surface area contributed by atoms with Gasteiger partial charge in [-0.25, -0.2) is 0 Å². The van der Waals surface area contributed by atoms with Crippen molar-refractivity contribution in [3.63, 3.8) is 0 Å². The second kappa shape index (κ2) is 8.03. The van der Waals surface area contributed by atoms with Crippen molar-refractivity contribution in [2.75, 3.05) is 31.9 Å². The summed E-state index contributed by atoms with van der Waals surface area (Å²) in [6.07, 6.45) is 0.387. The summed E-state index contributed by atoms with van der Waals surface area (Å²) in [6.45, 7) is 6.30. The first-order valence-corrected chi connectivity index (χ1v) is 7.38. The minimum atomic E-state index is 0. The molecule has 0 atom stereocenters. The van der Waals surface area contributed by atoms with Gasteiger partial charge in [-0.15, -0.1) is 12.4 Å². The van der Waals surface area contributed by atoms with Gasteiger partial charge in [0.2, 0.25) is 11.8 Å². The molecule has 22 heavy (non-hydrogen) atoms. The van der Waals surface area contributed by atoms with Crippen molar-refractivity contribution in [1.82, 2.24) is 9.80 Å². The molecule has 2 N–H and O–H groups in total. The molecule has 0 aliphatic carbocycles. The third-order valence-electron chi connectivity index (χ3n) is 3.77. The highest BCUT2D eigenvalue weighted by molar-refractivity contribution is 5.85. The Morgan fingerprint density at radius 2 is 1.55 bits per heavy atom. The van der Waals surface area contributed by atoms with Crippen LogP contribution in [0.1, 0.15) is 19.4 Å². The zero-order valence-electron chi connectivity index (χ0n) is 13.1. The van der Waals surface area contributed by atoms with Gasteiger partial charge >= 0.3 is 0 Å². The highest BCUT2D eigenvalue weighted by Gasteiger charge is 2.25. The van der Waals surface area contributed by atoms with Crippen molar-refractivity contribution in [3.05, 3.63) is 29.8 Å². The van der Waals surface area contributed by atoms with E-state index in [0.29, 0.717) is 38.3 Å². The number of rotatable bonds is 3. The molecule has 0 spiro atoms. The molecule has 1 saturated heterocycles. The normalized spacial score (nSPS) is 14.7. The Hall–Kier alpha value is -1.75. The van der Waals surface area contributed by atoms with Gasteiger partial charge in [0.05, 0.1) is 6.42 Å². The van der Waals surface area contributed by atoms with E-state index in [0.717, 1.165) is 5.56 Å². The maximum atomic E-state index is 12.3. The molecule has 1 aromatic rings. The molecule has 0 bridgehead atoms. The van der Waals surface area contributed by atoms with Crippen molar-refractivity contribution < 1.29 is 9.59 Å². The van der Waals surface area contributed by atoms with Crippen LogP contribution in [0.3, 0.4) is 0 Å². The average molecular weight is 326 g/mol. The van der Waals surface area contributed by atoms with E-state index in [1.807, 2.05) is 47.9 Å². The average Bonchev–Trinajstić information content (AvgIpc) is 2.49. The Balaban J connectivity index is 0.00000242. The van der Waals surface area contributed by atoms with E-state index in [1.165, 1.54) is 0 Å². The largest absolute Gasteiger partial charge is 0.399 e. The van der Waals surface area contributed by atoms with Gasteiger partial charge < -0.3 is 15.5 Å². The number of anilines is 1.